The van der Waals surface area contributed by atoms with Gasteiger partial charge in [0.05, 0.1) is 11.1 Å². The molecule has 1 aliphatic rings. The predicted octanol–water partition coefficient (Wildman–Crippen LogP) is 2.13. The first-order chi connectivity index (χ1) is 15.9. The average Bonchev–Trinajstić information content (AvgIpc) is 3.37. The summed E-state index contributed by atoms with van der Waals surface area (Å²) < 4.78 is 1.52. The Kier molecular flexibility index (Phi) is 6.30. The third kappa shape index (κ3) is 5.15. The Morgan fingerprint density at radius 1 is 0.970 bits per heavy atom. The largest absolute Gasteiger partial charge is 0.352 e. The molecule has 168 valence electrons. The number of benzene rings is 2. The topological polar surface area (TPSA) is 113 Å². The van der Waals surface area contributed by atoms with Crippen molar-refractivity contribution >= 4 is 29.3 Å². The van der Waals surface area contributed by atoms with Gasteiger partial charge in [-0.2, -0.15) is 5.10 Å². The van der Waals surface area contributed by atoms with Crippen LogP contribution in [0.3, 0.4) is 0 Å². The highest BCUT2D eigenvalue weighted by molar-refractivity contribution is 6.21. The van der Waals surface area contributed by atoms with Crippen LogP contribution in [0.15, 0.2) is 60.9 Å². The monoisotopic (exact) mass is 445 g/mol. The summed E-state index contributed by atoms with van der Waals surface area (Å²) in [6.45, 7) is 2.23. The number of aromatic nitrogens is 2. The molecule has 0 bridgehead atoms. The lowest BCUT2D eigenvalue weighted by Gasteiger charge is -2.14. The van der Waals surface area contributed by atoms with Crippen LogP contribution in [0.4, 0.5) is 5.69 Å². The Balaban J connectivity index is 1.26. The number of aryl methyl sites for hydroxylation is 1. The summed E-state index contributed by atoms with van der Waals surface area (Å²) in [5.74, 6) is -1.24. The van der Waals surface area contributed by atoms with E-state index in [1.54, 1.807) is 54.9 Å². The number of carbonyl (C=O) groups excluding carboxylic acids is 4. The molecule has 0 aliphatic carbocycles. The second-order valence-electron chi connectivity index (χ2n) is 7.79. The fourth-order valence-electron chi connectivity index (χ4n) is 3.61. The number of fused-ring (bicyclic) bond motifs is 1. The minimum absolute atomic E-state index is 0.00471. The Morgan fingerprint density at radius 2 is 1.79 bits per heavy atom. The first kappa shape index (κ1) is 21.9. The number of imide groups is 1. The lowest BCUT2D eigenvalue weighted by Crippen LogP contribution is -2.34. The predicted molar refractivity (Wildman–Crippen MR) is 120 cm³/mol. The molecule has 0 saturated heterocycles. The molecule has 33 heavy (non-hydrogen) atoms. The molecule has 0 saturated carbocycles. The van der Waals surface area contributed by atoms with E-state index in [1.165, 1.54) is 4.68 Å². The van der Waals surface area contributed by atoms with E-state index < -0.39 is 0 Å². The number of rotatable bonds is 8. The van der Waals surface area contributed by atoms with Crippen LogP contribution < -0.4 is 10.6 Å². The van der Waals surface area contributed by atoms with E-state index in [1.807, 2.05) is 13.0 Å². The fourth-order valence-corrected chi connectivity index (χ4v) is 3.61. The Labute approximate surface area is 190 Å². The molecule has 0 spiro atoms. The molecular weight excluding hydrogens is 422 g/mol. The molecule has 0 atom stereocenters. The Hall–Kier alpha value is -4.27. The van der Waals surface area contributed by atoms with Crippen molar-refractivity contribution in [2.45, 2.75) is 26.4 Å². The van der Waals surface area contributed by atoms with Crippen LogP contribution in [0.1, 0.15) is 38.3 Å². The van der Waals surface area contributed by atoms with E-state index in [0.29, 0.717) is 16.8 Å². The van der Waals surface area contributed by atoms with Gasteiger partial charge in [0.1, 0.15) is 6.54 Å². The molecule has 2 N–H and O–H groups in total. The van der Waals surface area contributed by atoms with Crippen LogP contribution in [-0.4, -0.2) is 44.9 Å². The van der Waals surface area contributed by atoms with Gasteiger partial charge in [0.15, 0.2) is 0 Å². The second kappa shape index (κ2) is 9.47. The maximum absolute atomic E-state index is 12.5. The summed E-state index contributed by atoms with van der Waals surface area (Å²) in [5.41, 5.74) is 3.07. The molecule has 4 amide bonds. The molecule has 4 rings (SSSR count). The quantitative estimate of drug-likeness (QED) is 0.516. The Bertz CT molecular complexity index is 1220. The van der Waals surface area contributed by atoms with Gasteiger partial charge in [0, 0.05) is 37.6 Å². The van der Waals surface area contributed by atoms with Gasteiger partial charge < -0.3 is 10.6 Å². The molecular formula is C24H23N5O4. The summed E-state index contributed by atoms with van der Waals surface area (Å²) in [5, 5.41) is 9.58. The van der Waals surface area contributed by atoms with Crippen molar-refractivity contribution in [3.63, 3.8) is 0 Å². The van der Waals surface area contributed by atoms with Gasteiger partial charge in [-0.25, -0.2) is 0 Å². The molecule has 0 fully saturated rings. The van der Waals surface area contributed by atoms with Crippen LogP contribution in [0, 0.1) is 6.92 Å². The number of anilines is 1. The standard InChI is InChI=1S/C24H23N5O4/c1-16-6-7-19-20(12-16)24(33)29(23(19)32)11-8-21(30)25-14-17-4-2-5-18(13-17)27-22(31)15-28-10-3-9-26-28/h2-7,9-10,12-13H,8,11,14-15H2,1H3,(H,25,30)(H,27,31). The Morgan fingerprint density at radius 3 is 2.58 bits per heavy atom. The number of hydrogen-bond acceptors (Lipinski definition) is 5. The van der Waals surface area contributed by atoms with E-state index in [2.05, 4.69) is 15.7 Å². The molecule has 9 heteroatoms. The van der Waals surface area contributed by atoms with Crippen LogP contribution in [0.5, 0.6) is 0 Å². The number of nitrogens with zero attached hydrogens (tertiary/aromatic N) is 3. The smallest absolute Gasteiger partial charge is 0.261 e. The number of amides is 4. The second-order valence-corrected chi connectivity index (χ2v) is 7.79. The van der Waals surface area contributed by atoms with Crippen molar-refractivity contribution < 1.29 is 19.2 Å². The van der Waals surface area contributed by atoms with E-state index in [4.69, 9.17) is 0 Å². The van der Waals surface area contributed by atoms with Crippen molar-refractivity contribution in [3.05, 3.63) is 83.2 Å². The molecule has 1 aromatic heterocycles. The van der Waals surface area contributed by atoms with Crippen LogP contribution in [-0.2, 0) is 22.7 Å². The van der Waals surface area contributed by atoms with Crippen molar-refractivity contribution in [3.8, 4) is 0 Å². The first-order valence-corrected chi connectivity index (χ1v) is 10.5. The molecule has 3 aromatic rings. The van der Waals surface area contributed by atoms with E-state index >= 15 is 0 Å². The lowest BCUT2D eigenvalue weighted by molar-refractivity contribution is -0.121. The highest BCUT2D eigenvalue weighted by atomic mass is 16.2. The number of hydrogen-bond donors (Lipinski definition) is 2. The average molecular weight is 445 g/mol. The van der Waals surface area contributed by atoms with Crippen LogP contribution >= 0.6 is 0 Å². The minimum Gasteiger partial charge on any atom is -0.352 e. The SMILES string of the molecule is Cc1ccc2c(c1)C(=O)N(CCC(=O)NCc1cccc(NC(=O)Cn3cccn3)c1)C2=O. The van der Waals surface area contributed by atoms with Crippen LogP contribution in [0.2, 0.25) is 0 Å². The first-order valence-electron chi connectivity index (χ1n) is 10.5. The highest BCUT2D eigenvalue weighted by Crippen LogP contribution is 2.24. The molecule has 1 aliphatic heterocycles. The van der Waals surface area contributed by atoms with Gasteiger partial charge in [-0.05, 0) is 42.8 Å². The molecule has 0 radical (unpaired) electrons. The minimum atomic E-state index is -0.374. The summed E-state index contributed by atoms with van der Waals surface area (Å²) in [7, 11) is 0. The zero-order valence-corrected chi connectivity index (χ0v) is 18.1. The van der Waals surface area contributed by atoms with Crippen molar-refractivity contribution in [2.75, 3.05) is 11.9 Å². The van der Waals surface area contributed by atoms with Gasteiger partial charge in [0.2, 0.25) is 11.8 Å². The van der Waals surface area contributed by atoms with Crippen molar-refractivity contribution in [1.29, 1.82) is 0 Å². The third-order valence-electron chi connectivity index (χ3n) is 5.25. The zero-order chi connectivity index (χ0) is 23.4. The molecule has 0 unspecified atom stereocenters. The maximum atomic E-state index is 12.5. The molecule has 2 heterocycles. The summed E-state index contributed by atoms with van der Waals surface area (Å²) in [4.78, 5) is 50.5. The van der Waals surface area contributed by atoms with Crippen molar-refractivity contribution in [1.82, 2.24) is 20.0 Å². The summed E-state index contributed by atoms with van der Waals surface area (Å²) in [6, 6.07) is 14.0. The number of nitrogens with one attached hydrogen (secondary N) is 2. The van der Waals surface area contributed by atoms with E-state index in [-0.39, 0.29) is 49.7 Å². The van der Waals surface area contributed by atoms with Gasteiger partial charge in [-0.1, -0.05) is 23.8 Å². The zero-order valence-electron chi connectivity index (χ0n) is 18.1. The van der Waals surface area contributed by atoms with Crippen molar-refractivity contribution in [2.24, 2.45) is 0 Å². The lowest BCUT2D eigenvalue weighted by atomic mass is 10.1. The van der Waals surface area contributed by atoms with Gasteiger partial charge in [-0.3, -0.25) is 28.8 Å². The normalized spacial score (nSPS) is 12.6. The van der Waals surface area contributed by atoms with Gasteiger partial charge >= 0.3 is 0 Å². The van der Waals surface area contributed by atoms with Gasteiger partial charge in [0.25, 0.3) is 11.8 Å². The maximum Gasteiger partial charge on any atom is 0.261 e. The van der Waals surface area contributed by atoms with Crippen LogP contribution in [0.25, 0.3) is 0 Å². The third-order valence-corrected chi connectivity index (χ3v) is 5.25. The molecule has 2 aromatic carbocycles. The highest BCUT2D eigenvalue weighted by Gasteiger charge is 2.35. The van der Waals surface area contributed by atoms with E-state index in [9.17, 15) is 19.2 Å². The van der Waals surface area contributed by atoms with Gasteiger partial charge in [-0.15, -0.1) is 0 Å². The van der Waals surface area contributed by atoms with E-state index in [0.717, 1.165) is 16.0 Å². The summed E-state index contributed by atoms with van der Waals surface area (Å²) >= 11 is 0. The fraction of sp³-hybridized carbons (Fsp3) is 0.208. The summed E-state index contributed by atoms with van der Waals surface area (Å²) in [6.07, 6.45) is 3.31. The number of carbonyl (C=O) groups is 4. The molecule has 9 nitrogen and oxygen atoms in total.